The predicted molar refractivity (Wildman–Crippen MR) is 144 cm³/mol. The number of rotatable bonds is 10. The lowest BCUT2D eigenvalue weighted by molar-refractivity contribution is -0.125. The van der Waals surface area contributed by atoms with E-state index in [2.05, 4.69) is 115 Å². The second kappa shape index (κ2) is 10.7. The van der Waals surface area contributed by atoms with Crippen LogP contribution in [0.25, 0.3) is 11.1 Å². The molecule has 0 radical (unpaired) electrons. The van der Waals surface area contributed by atoms with Crippen LogP contribution in [0.3, 0.4) is 0 Å². The lowest BCUT2D eigenvalue weighted by atomic mass is 9.73. The summed E-state index contributed by atoms with van der Waals surface area (Å²) in [5.41, 5.74) is 6.73. The molecule has 0 aliphatic heterocycles. The lowest BCUT2D eigenvalue weighted by Crippen LogP contribution is -2.44. The fourth-order valence-corrected chi connectivity index (χ4v) is 5.61. The van der Waals surface area contributed by atoms with Crippen molar-refractivity contribution in [2.24, 2.45) is 0 Å². The third kappa shape index (κ3) is 4.79. The van der Waals surface area contributed by atoms with Gasteiger partial charge in [0.15, 0.2) is 0 Å². The van der Waals surface area contributed by atoms with Crippen LogP contribution in [-0.4, -0.2) is 12.5 Å². The Balaban J connectivity index is 1.35. The Morgan fingerprint density at radius 3 is 1.63 bits per heavy atom. The van der Waals surface area contributed by atoms with Crippen LogP contribution in [0.2, 0.25) is 0 Å². The predicted octanol–water partition coefficient (Wildman–Crippen LogP) is 7.12. The number of fused-ring (bicyclic) bond motifs is 3. The zero-order valence-corrected chi connectivity index (χ0v) is 20.3. The molecule has 2 heteroatoms. The Morgan fingerprint density at radius 2 is 1.06 bits per heavy atom. The Hall–Kier alpha value is -3.65. The minimum absolute atomic E-state index is 0.141. The maximum Gasteiger partial charge on any atom is 0.235 e. The second-order valence-corrected chi connectivity index (χ2v) is 9.53. The van der Waals surface area contributed by atoms with Crippen molar-refractivity contribution in [3.8, 4) is 11.1 Å². The number of aryl methyl sites for hydroxylation is 2. The number of amides is 1. The average Bonchev–Trinajstić information content (AvgIpc) is 3.20. The minimum Gasteiger partial charge on any atom is -0.355 e. The maximum absolute atomic E-state index is 14.1. The Bertz CT molecular complexity index is 1220. The van der Waals surface area contributed by atoms with Gasteiger partial charge in [0.05, 0.1) is 0 Å². The summed E-state index contributed by atoms with van der Waals surface area (Å²) in [5.74, 6) is 0.141. The van der Waals surface area contributed by atoms with Crippen molar-refractivity contribution in [3.63, 3.8) is 0 Å². The maximum atomic E-state index is 14.1. The first-order valence-electron chi connectivity index (χ1n) is 12.8. The highest BCUT2D eigenvalue weighted by Gasteiger charge is 2.48. The van der Waals surface area contributed by atoms with Crippen LogP contribution in [0.5, 0.6) is 0 Å². The highest BCUT2D eigenvalue weighted by Crippen LogP contribution is 2.51. The van der Waals surface area contributed by atoms with Gasteiger partial charge in [-0.05, 0) is 71.9 Å². The van der Waals surface area contributed by atoms with Gasteiger partial charge in [-0.2, -0.15) is 0 Å². The topological polar surface area (TPSA) is 29.1 Å². The summed E-state index contributed by atoms with van der Waals surface area (Å²) in [6.07, 6.45) is 5.81. The van der Waals surface area contributed by atoms with Crippen molar-refractivity contribution in [1.29, 1.82) is 0 Å². The zero-order valence-electron chi connectivity index (χ0n) is 20.3. The normalized spacial score (nSPS) is 13.1. The van der Waals surface area contributed by atoms with Crippen molar-refractivity contribution in [2.75, 3.05) is 6.54 Å². The van der Waals surface area contributed by atoms with E-state index in [1.165, 1.54) is 22.3 Å². The van der Waals surface area contributed by atoms with Crippen molar-refractivity contribution in [3.05, 3.63) is 131 Å². The third-order valence-corrected chi connectivity index (χ3v) is 7.33. The zero-order chi connectivity index (χ0) is 23.9. The smallest absolute Gasteiger partial charge is 0.235 e. The van der Waals surface area contributed by atoms with Gasteiger partial charge < -0.3 is 5.32 Å². The van der Waals surface area contributed by atoms with Crippen molar-refractivity contribution < 1.29 is 4.79 Å². The van der Waals surface area contributed by atoms with E-state index in [1.54, 1.807) is 0 Å². The molecule has 0 unspecified atom stereocenters. The van der Waals surface area contributed by atoms with E-state index >= 15 is 0 Å². The van der Waals surface area contributed by atoms with E-state index < -0.39 is 5.41 Å². The van der Waals surface area contributed by atoms with Gasteiger partial charge in [-0.1, -0.05) is 109 Å². The molecule has 5 rings (SSSR count). The van der Waals surface area contributed by atoms with Crippen LogP contribution >= 0.6 is 0 Å². The van der Waals surface area contributed by atoms with Crippen LogP contribution in [-0.2, 0) is 23.1 Å². The van der Waals surface area contributed by atoms with Crippen LogP contribution < -0.4 is 5.32 Å². The molecule has 4 aromatic carbocycles. The molecule has 1 aliphatic rings. The highest BCUT2D eigenvalue weighted by molar-refractivity contribution is 6.00. The van der Waals surface area contributed by atoms with E-state index in [9.17, 15) is 4.79 Å². The number of benzene rings is 4. The van der Waals surface area contributed by atoms with Gasteiger partial charge >= 0.3 is 0 Å². The van der Waals surface area contributed by atoms with Gasteiger partial charge in [0.2, 0.25) is 5.91 Å². The molecule has 0 fully saturated rings. The molecule has 35 heavy (non-hydrogen) atoms. The third-order valence-electron chi connectivity index (χ3n) is 7.33. The number of carbonyl (C=O) groups excluding carboxylic acids is 1. The lowest BCUT2D eigenvalue weighted by Gasteiger charge is -2.31. The Kier molecular flexibility index (Phi) is 7.09. The van der Waals surface area contributed by atoms with Gasteiger partial charge in [0.25, 0.3) is 0 Å². The molecule has 1 aliphatic carbocycles. The van der Waals surface area contributed by atoms with Gasteiger partial charge in [-0.25, -0.2) is 0 Å². The number of nitrogens with one attached hydrogen (secondary N) is 1. The largest absolute Gasteiger partial charge is 0.355 e. The first kappa shape index (κ1) is 23.1. The minimum atomic E-state index is -0.638. The number of unbranched alkanes of at least 4 members (excludes halogenated alkanes) is 1. The van der Waals surface area contributed by atoms with Gasteiger partial charge in [-0.15, -0.1) is 0 Å². The molecule has 0 bridgehead atoms. The molecule has 1 N–H and O–H groups in total. The molecule has 0 heterocycles. The van der Waals surface area contributed by atoms with Crippen LogP contribution in [0.1, 0.15) is 47.9 Å². The molecule has 0 atom stereocenters. The van der Waals surface area contributed by atoms with Gasteiger partial charge in [0.1, 0.15) is 5.41 Å². The Labute approximate surface area is 209 Å². The first-order valence-corrected chi connectivity index (χ1v) is 12.8. The van der Waals surface area contributed by atoms with Gasteiger partial charge in [-0.3, -0.25) is 4.79 Å². The summed E-state index contributed by atoms with van der Waals surface area (Å²) in [5, 5.41) is 3.34. The highest BCUT2D eigenvalue weighted by atomic mass is 16.2. The fourth-order valence-electron chi connectivity index (χ4n) is 5.61. The molecule has 0 saturated carbocycles. The number of hydrogen-bond acceptors (Lipinski definition) is 1. The molecule has 0 aromatic heterocycles. The average molecular weight is 460 g/mol. The molecule has 176 valence electrons. The van der Waals surface area contributed by atoms with E-state index in [4.69, 9.17) is 0 Å². The van der Waals surface area contributed by atoms with Crippen molar-refractivity contribution in [1.82, 2.24) is 5.32 Å². The van der Waals surface area contributed by atoms with Crippen molar-refractivity contribution >= 4 is 5.91 Å². The van der Waals surface area contributed by atoms with E-state index in [0.717, 1.165) is 49.7 Å². The fraction of sp³-hybridized carbons (Fsp3) is 0.242. The molecular weight excluding hydrogens is 426 g/mol. The Morgan fingerprint density at radius 1 is 0.571 bits per heavy atom. The summed E-state index contributed by atoms with van der Waals surface area (Å²) >= 11 is 0. The monoisotopic (exact) mass is 459 g/mol. The van der Waals surface area contributed by atoms with E-state index in [-0.39, 0.29) is 5.91 Å². The summed E-state index contributed by atoms with van der Waals surface area (Å²) in [6, 6.07) is 38.1. The molecule has 1 amide bonds. The number of hydrogen-bond donors (Lipinski definition) is 1. The van der Waals surface area contributed by atoms with Crippen LogP contribution in [0, 0.1) is 0 Å². The first-order chi connectivity index (χ1) is 17.3. The molecule has 0 saturated heterocycles. The van der Waals surface area contributed by atoms with Crippen LogP contribution in [0.4, 0.5) is 0 Å². The standard InChI is InChI=1S/C33H33NO/c35-32(34-25-12-11-18-26-14-3-1-4-15-26)33(24-13-19-27-16-5-2-6-17-27)30-22-9-7-20-28(30)29-21-8-10-23-31(29)33/h1-10,14-17,20-23H,11-13,18-19,24-25H2,(H,34,35). The molecule has 0 spiro atoms. The summed E-state index contributed by atoms with van der Waals surface area (Å²) in [4.78, 5) is 14.1. The van der Waals surface area contributed by atoms with E-state index in [1.807, 2.05) is 0 Å². The summed E-state index contributed by atoms with van der Waals surface area (Å²) in [6.45, 7) is 0.705. The second-order valence-electron chi connectivity index (χ2n) is 9.53. The van der Waals surface area contributed by atoms with Crippen LogP contribution in [0.15, 0.2) is 109 Å². The van der Waals surface area contributed by atoms with Crippen molar-refractivity contribution in [2.45, 2.75) is 43.9 Å². The van der Waals surface area contributed by atoms with Gasteiger partial charge in [0, 0.05) is 6.54 Å². The summed E-state index contributed by atoms with van der Waals surface area (Å²) in [7, 11) is 0. The SMILES string of the molecule is O=C(NCCCCc1ccccc1)C1(CCCc2ccccc2)c2ccccc2-c2ccccc21. The molecule has 4 aromatic rings. The molecular formula is C33H33NO. The number of carbonyl (C=O) groups is 1. The van der Waals surface area contributed by atoms with E-state index in [0.29, 0.717) is 6.54 Å². The summed E-state index contributed by atoms with van der Waals surface area (Å²) < 4.78 is 0. The quantitative estimate of drug-likeness (QED) is 0.251. The molecule has 2 nitrogen and oxygen atoms in total.